The highest BCUT2D eigenvalue weighted by molar-refractivity contribution is 5.79. The van der Waals surface area contributed by atoms with Crippen LogP contribution in [0, 0.1) is 11.3 Å². The number of ether oxygens (including phenoxy) is 2. The molecule has 1 atom stereocenters. The van der Waals surface area contributed by atoms with Crippen molar-refractivity contribution >= 4 is 12.1 Å². The van der Waals surface area contributed by atoms with Crippen molar-refractivity contribution in [3.8, 4) is 0 Å². The van der Waals surface area contributed by atoms with Gasteiger partial charge >= 0.3 is 6.09 Å². The fourth-order valence-electron chi connectivity index (χ4n) is 3.25. The summed E-state index contributed by atoms with van der Waals surface area (Å²) in [4.78, 5) is 18.7. The van der Waals surface area contributed by atoms with Crippen molar-refractivity contribution in [2.45, 2.75) is 78.9 Å². The first-order valence-electron chi connectivity index (χ1n) is 11.0. The van der Waals surface area contributed by atoms with Crippen molar-refractivity contribution in [2.24, 2.45) is 16.3 Å². The van der Waals surface area contributed by atoms with Crippen LogP contribution in [0.1, 0.15) is 67.2 Å². The van der Waals surface area contributed by atoms with Gasteiger partial charge < -0.3 is 25.0 Å². The van der Waals surface area contributed by atoms with Crippen LogP contribution in [0.3, 0.4) is 0 Å². The largest absolute Gasteiger partial charge is 0.444 e. The van der Waals surface area contributed by atoms with Crippen molar-refractivity contribution in [3.05, 3.63) is 0 Å². The van der Waals surface area contributed by atoms with Gasteiger partial charge in [0, 0.05) is 46.4 Å². The van der Waals surface area contributed by atoms with Crippen LogP contribution in [0.15, 0.2) is 4.99 Å². The first kappa shape index (κ1) is 25.5. The lowest BCUT2D eigenvalue weighted by molar-refractivity contribution is 0.0485. The van der Waals surface area contributed by atoms with Gasteiger partial charge in [-0.05, 0) is 64.7 Å². The third kappa shape index (κ3) is 10.2. The van der Waals surface area contributed by atoms with Crippen LogP contribution in [0.4, 0.5) is 4.79 Å². The van der Waals surface area contributed by atoms with Gasteiger partial charge in [0.05, 0.1) is 0 Å². The predicted octanol–water partition coefficient (Wildman–Crippen LogP) is 3.64. The number of guanidine groups is 1. The summed E-state index contributed by atoms with van der Waals surface area (Å²) in [6.45, 7) is 15.2. The molecule has 170 valence electrons. The molecule has 7 nitrogen and oxygen atoms in total. The van der Waals surface area contributed by atoms with Gasteiger partial charge in [-0.1, -0.05) is 13.8 Å². The Morgan fingerprint density at radius 1 is 1.28 bits per heavy atom. The number of hydrogen-bond donors (Lipinski definition) is 2. The zero-order valence-electron chi connectivity index (χ0n) is 19.9. The number of rotatable bonds is 11. The standard InChI is InChI=1S/C22H44N4O3/c1-9-28-15-13-22(11-12-22)16-24-19(23-7)26(8)14-10-18(17(2)3)25-20(27)29-21(4,5)6/h17-18H,9-16H2,1-8H3,(H,23,24)(H,25,27). The maximum Gasteiger partial charge on any atom is 0.407 e. The van der Waals surface area contributed by atoms with Crippen LogP contribution in [0.5, 0.6) is 0 Å². The number of nitrogens with zero attached hydrogens (tertiary/aromatic N) is 2. The van der Waals surface area contributed by atoms with Crippen molar-refractivity contribution in [2.75, 3.05) is 40.4 Å². The first-order valence-corrected chi connectivity index (χ1v) is 11.0. The van der Waals surface area contributed by atoms with Crippen LogP contribution in [0.25, 0.3) is 0 Å². The van der Waals surface area contributed by atoms with Gasteiger partial charge in [0.25, 0.3) is 0 Å². The van der Waals surface area contributed by atoms with E-state index in [1.165, 1.54) is 12.8 Å². The Hall–Kier alpha value is -1.50. The Morgan fingerprint density at radius 2 is 1.93 bits per heavy atom. The molecule has 1 amide bonds. The lowest BCUT2D eigenvalue weighted by atomic mass is 10.0. The second kappa shape index (κ2) is 11.6. The zero-order chi connectivity index (χ0) is 22.1. The van der Waals surface area contributed by atoms with Gasteiger partial charge in [-0.25, -0.2) is 4.79 Å². The molecule has 1 rings (SSSR count). The fourth-order valence-corrected chi connectivity index (χ4v) is 3.25. The molecule has 1 aliphatic rings. The molecule has 0 spiro atoms. The van der Waals surface area contributed by atoms with Crippen LogP contribution in [0.2, 0.25) is 0 Å². The molecular formula is C22H44N4O3. The predicted molar refractivity (Wildman–Crippen MR) is 119 cm³/mol. The number of carbonyl (C=O) groups excluding carboxylic acids is 1. The van der Waals surface area contributed by atoms with Crippen molar-refractivity contribution in [1.29, 1.82) is 0 Å². The molecule has 1 unspecified atom stereocenters. The Labute approximate surface area is 178 Å². The summed E-state index contributed by atoms with van der Waals surface area (Å²) in [5, 5.41) is 6.55. The van der Waals surface area contributed by atoms with E-state index in [0.717, 1.165) is 45.1 Å². The Bertz CT molecular complexity index is 525. The van der Waals surface area contributed by atoms with Crippen LogP contribution < -0.4 is 10.6 Å². The number of carbonyl (C=O) groups is 1. The summed E-state index contributed by atoms with van der Waals surface area (Å²) >= 11 is 0. The normalized spacial score (nSPS) is 17.1. The average molecular weight is 413 g/mol. The monoisotopic (exact) mass is 412 g/mol. The van der Waals surface area contributed by atoms with E-state index in [4.69, 9.17) is 9.47 Å². The van der Waals surface area contributed by atoms with E-state index >= 15 is 0 Å². The van der Waals surface area contributed by atoms with E-state index in [1.807, 2.05) is 41.8 Å². The third-order valence-electron chi connectivity index (χ3n) is 5.42. The second-order valence-electron chi connectivity index (χ2n) is 9.55. The Morgan fingerprint density at radius 3 is 2.41 bits per heavy atom. The highest BCUT2D eigenvalue weighted by Crippen LogP contribution is 2.48. The average Bonchev–Trinajstić information content (AvgIpc) is 3.37. The lowest BCUT2D eigenvalue weighted by Crippen LogP contribution is -2.46. The Kier molecular flexibility index (Phi) is 10.2. The molecule has 1 fully saturated rings. The zero-order valence-corrected chi connectivity index (χ0v) is 19.9. The molecule has 0 aliphatic heterocycles. The number of nitrogens with one attached hydrogen (secondary N) is 2. The molecule has 7 heteroatoms. The summed E-state index contributed by atoms with van der Waals surface area (Å²) in [5.74, 6) is 1.21. The van der Waals surface area contributed by atoms with E-state index in [9.17, 15) is 4.79 Å². The number of hydrogen-bond acceptors (Lipinski definition) is 4. The molecule has 1 saturated carbocycles. The summed E-state index contributed by atoms with van der Waals surface area (Å²) in [6, 6.07) is 0.0476. The lowest BCUT2D eigenvalue weighted by Gasteiger charge is -2.29. The van der Waals surface area contributed by atoms with Crippen LogP contribution in [-0.4, -0.2) is 69.0 Å². The van der Waals surface area contributed by atoms with Crippen LogP contribution in [-0.2, 0) is 9.47 Å². The van der Waals surface area contributed by atoms with E-state index in [0.29, 0.717) is 11.3 Å². The molecule has 0 radical (unpaired) electrons. The minimum Gasteiger partial charge on any atom is -0.444 e. The molecule has 2 N–H and O–H groups in total. The number of aliphatic imine (C=N–C) groups is 1. The molecule has 29 heavy (non-hydrogen) atoms. The van der Waals surface area contributed by atoms with Crippen LogP contribution >= 0.6 is 0 Å². The molecule has 0 saturated heterocycles. The fraction of sp³-hybridized carbons (Fsp3) is 0.909. The van der Waals surface area contributed by atoms with Gasteiger partial charge in [-0.2, -0.15) is 0 Å². The van der Waals surface area contributed by atoms with E-state index in [1.54, 1.807) is 0 Å². The third-order valence-corrected chi connectivity index (χ3v) is 5.42. The van der Waals surface area contributed by atoms with Gasteiger partial charge in [0.15, 0.2) is 5.96 Å². The number of amides is 1. The summed E-state index contributed by atoms with van der Waals surface area (Å²) < 4.78 is 10.9. The maximum atomic E-state index is 12.1. The van der Waals surface area contributed by atoms with Gasteiger partial charge in [-0.3, -0.25) is 4.99 Å². The van der Waals surface area contributed by atoms with E-state index in [2.05, 4.69) is 34.4 Å². The van der Waals surface area contributed by atoms with E-state index in [-0.39, 0.29) is 12.1 Å². The summed E-state index contributed by atoms with van der Waals surface area (Å²) in [7, 11) is 3.86. The molecule has 0 heterocycles. The smallest absolute Gasteiger partial charge is 0.407 e. The molecule has 1 aliphatic carbocycles. The molecule has 0 bridgehead atoms. The minimum atomic E-state index is -0.491. The summed E-state index contributed by atoms with van der Waals surface area (Å²) in [5.41, 5.74) is -0.125. The second-order valence-corrected chi connectivity index (χ2v) is 9.55. The van der Waals surface area contributed by atoms with Crippen molar-refractivity contribution in [1.82, 2.24) is 15.5 Å². The minimum absolute atomic E-state index is 0.0476. The molecular weight excluding hydrogens is 368 g/mol. The highest BCUT2D eigenvalue weighted by Gasteiger charge is 2.42. The van der Waals surface area contributed by atoms with Gasteiger partial charge in [-0.15, -0.1) is 0 Å². The SMILES string of the molecule is CCOCCC1(CNC(=NC)N(C)CCC(NC(=O)OC(C)(C)C)C(C)C)CC1. The quantitative estimate of drug-likeness (QED) is 0.308. The first-order chi connectivity index (χ1) is 13.5. The van der Waals surface area contributed by atoms with Gasteiger partial charge in [0.1, 0.15) is 5.60 Å². The summed E-state index contributed by atoms with van der Waals surface area (Å²) in [6.07, 6.45) is 4.07. The Balaban J connectivity index is 2.47. The van der Waals surface area contributed by atoms with Crippen molar-refractivity contribution < 1.29 is 14.3 Å². The number of alkyl carbamates (subject to hydrolysis) is 1. The maximum absolute atomic E-state index is 12.1. The van der Waals surface area contributed by atoms with Gasteiger partial charge in [0.2, 0.25) is 0 Å². The molecule has 0 aromatic rings. The van der Waals surface area contributed by atoms with Crippen molar-refractivity contribution in [3.63, 3.8) is 0 Å². The van der Waals surface area contributed by atoms with E-state index < -0.39 is 5.60 Å². The molecule has 0 aromatic heterocycles. The topological polar surface area (TPSA) is 75.2 Å². The highest BCUT2D eigenvalue weighted by atomic mass is 16.6. The molecule has 0 aromatic carbocycles.